The van der Waals surface area contributed by atoms with Crippen LogP contribution >= 0.6 is 0 Å². The largest absolute Gasteiger partial charge is 0.497 e. The first-order valence-electron chi connectivity index (χ1n) is 16.1. The van der Waals surface area contributed by atoms with Crippen molar-refractivity contribution in [3.8, 4) is 11.5 Å². The molecule has 1 heterocycles. The molecule has 0 bridgehead atoms. The topological polar surface area (TPSA) is 74.3 Å². The zero-order chi connectivity index (χ0) is 33.6. The fourth-order valence-electron chi connectivity index (χ4n) is 6.75. The Morgan fingerprint density at radius 3 is 1.94 bits per heavy atom. The molecule has 0 N–H and O–H groups in total. The number of methoxy groups -OCH3 is 2. The monoisotopic (exact) mass is 651 g/mol. The summed E-state index contributed by atoms with van der Waals surface area (Å²) in [6.45, 7) is 9.09. The molecule has 1 saturated heterocycles. The third-order valence-corrected chi connectivity index (χ3v) is 14.3. The summed E-state index contributed by atoms with van der Waals surface area (Å²) < 4.78 is 24.1. The Balaban J connectivity index is 1.47. The van der Waals surface area contributed by atoms with Gasteiger partial charge >= 0.3 is 5.97 Å². The van der Waals surface area contributed by atoms with Gasteiger partial charge < -0.3 is 23.5 Å². The lowest BCUT2D eigenvalue weighted by Crippen LogP contribution is -2.71. The number of rotatable bonds is 13. The van der Waals surface area contributed by atoms with Gasteiger partial charge in [-0.3, -0.25) is 9.59 Å². The predicted molar refractivity (Wildman–Crippen MR) is 186 cm³/mol. The van der Waals surface area contributed by atoms with Crippen LogP contribution in [0.5, 0.6) is 11.5 Å². The zero-order valence-electron chi connectivity index (χ0n) is 28.1. The summed E-state index contributed by atoms with van der Waals surface area (Å²) in [7, 11) is 0.236. The molecule has 1 fully saturated rings. The van der Waals surface area contributed by atoms with Gasteiger partial charge in [0.05, 0.1) is 38.7 Å². The molecule has 0 radical (unpaired) electrons. The van der Waals surface area contributed by atoms with Crippen molar-refractivity contribution in [2.75, 3.05) is 14.2 Å². The van der Waals surface area contributed by atoms with E-state index in [4.69, 9.17) is 18.6 Å². The Bertz CT molecular complexity index is 1600. The first-order valence-corrected chi connectivity index (χ1v) is 18.0. The molecule has 0 saturated carbocycles. The lowest BCUT2D eigenvalue weighted by Gasteiger charge is -2.52. The number of carbonyl (C=O) groups excluding carboxylic acids is 2. The smallest absolute Gasteiger partial charge is 0.308 e. The van der Waals surface area contributed by atoms with Crippen LogP contribution in [0.1, 0.15) is 45.2 Å². The molecule has 246 valence electrons. The number of amides is 1. The number of likely N-dealkylation sites (tertiary alicyclic amines) is 1. The number of hydrogen-bond donors (Lipinski definition) is 0. The van der Waals surface area contributed by atoms with Gasteiger partial charge in [0.25, 0.3) is 8.32 Å². The summed E-state index contributed by atoms with van der Waals surface area (Å²) in [4.78, 5) is 29.3. The van der Waals surface area contributed by atoms with Crippen molar-refractivity contribution in [3.05, 3.63) is 120 Å². The summed E-state index contributed by atoms with van der Waals surface area (Å²) in [5, 5.41) is 2.00. The van der Waals surface area contributed by atoms with Gasteiger partial charge in [-0.25, -0.2) is 0 Å². The van der Waals surface area contributed by atoms with E-state index in [2.05, 4.69) is 45.0 Å². The summed E-state index contributed by atoms with van der Waals surface area (Å²) in [6, 6.07) is 35.5. The third-order valence-electron chi connectivity index (χ3n) is 9.12. The second-order valence-electron chi connectivity index (χ2n) is 13.1. The first kappa shape index (κ1) is 33.9. The fraction of sp³-hybridized carbons (Fsp3) is 0.333. The second-order valence-corrected chi connectivity index (χ2v) is 17.3. The van der Waals surface area contributed by atoms with Crippen LogP contribution in [0, 0.1) is 5.92 Å². The molecule has 5 rings (SSSR count). The van der Waals surface area contributed by atoms with Crippen LogP contribution < -0.4 is 19.8 Å². The minimum atomic E-state index is -2.96. The molecular formula is C39H45NO6Si. The Labute approximate surface area is 279 Å². The minimum Gasteiger partial charge on any atom is -0.497 e. The van der Waals surface area contributed by atoms with Gasteiger partial charge in [-0.15, -0.1) is 0 Å². The van der Waals surface area contributed by atoms with Gasteiger partial charge in [0.2, 0.25) is 5.91 Å². The van der Waals surface area contributed by atoms with Gasteiger partial charge in [0.15, 0.2) is 0 Å². The molecule has 1 amide bonds. The lowest BCUT2D eigenvalue weighted by molar-refractivity contribution is -0.169. The van der Waals surface area contributed by atoms with E-state index in [1.807, 2.05) is 85.8 Å². The number of esters is 1. The number of nitrogens with zero attached hydrogens (tertiary/aromatic N) is 1. The quantitative estimate of drug-likeness (QED) is 0.0985. The number of hydrogen-bond acceptors (Lipinski definition) is 6. The number of carbonyl (C=O) groups is 2. The molecule has 1 aliphatic heterocycles. The summed E-state index contributed by atoms with van der Waals surface area (Å²) >= 11 is 0. The zero-order valence-corrected chi connectivity index (χ0v) is 29.1. The summed E-state index contributed by atoms with van der Waals surface area (Å²) in [6.07, 6.45) is -0.425. The lowest BCUT2D eigenvalue weighted by atomic mass is 9.81. The van der Waals surface area contributed by atoms with Gasteiger partial charge in [0, 0.05) is 18.2 Å². The molecule has 0 aliphatic carbocycles. The van der Waals surface area contributed by atoms with Gasteiger partial charge in [-0.05, 0) is 40.0 Å². The van der Waals surface area contributed by atoms with Crippen LogP contribution in [0.4, 0.5) is 0 Å². The Kier molecular flexibility index (Phi) is 10.5. The van der Waals surface area contributed by atoms with Gasteiger partial charge in [-0.1, -0.05) is 112 Å². The molecule has 3 atom stereocenters. The SMILES string of the molecule is COc1ccc(CN2C(=O)[C@H]([C@@H](C)O[Si](c3ccccc3)(c3ccccc3)C(C)(C)C)[C@H]2CC(=O)OCc2ccccc2)c(OC)c1. The van der Waals surface area contributed by atoms with E-state index >= 15 is 0 Å². The maximum absolute atomic E-state index is 14.2. The van der Waals surface area contributed by atoms with E-state index in [-0.39, 0.29) is 36.5 Å². The Hall–Kier alpha value is -4.40. The van der Waals surface area contributed by atoms with Crippen LogP contribution in [0.2, 0.25) is 5.04 Å². The Morgan fingerprint density at radius 1 is 0.830 bits per heavy atom. The molecule has 0 unspecified atom stereocenters. The molecule has 4 aromatic carbocycles. The molecule has 0 aromatic heterocycles. The van der Waals surface area contributed by atoms with Crippen molar-refractivity contribution in [1.29, 1.82) is 0 Å². The number of benzene rings is 4. The average Bonchev–Trinajstić information content (AvgIpc) is 3.09. The molecule has 4 aromatic rings. The molecule has 1 aliphatic rings. The number of ether oxygens (including phenoxy) is 3. The van der Waals surface area contributed by atoms with E-state index in [0.29, 0.717) is 11.5 Å². The molecule has 8 heteroatoms. The maximum Gasteiger partial charge on any atom is 0.308 e. The van der Waals surface area contributed by atoms with Crippen molar-refractivity contribution in [2.24, 2.45) is 5.92 Å². The van der Waals surface area contributed by atoms with E-state index in [1.165, 1.54) is 0 Å². The molecule has 47 heavy (non-hydrogen) atoms. The first-order chi connectivity index (χ1) is 22.6. The van der Waals surface area contributed by atoms with Crippen LogP contribution in [0.15, 0.2) is 109 Å². The van der Waals surface area contributed by atoms with Crippen LogP contribution in [-0.2, 0) is 31.9 Å². The van der Waals surface area contributed by atoms with Crippen LogP contribution in [0.3, 0.4) is 0 Å². The minimum absolute atomic E-state index is 0.0517. The fourth-order valence-corrected chi connectivity index (χ4v) is 11.5. The van der Waals surface area contributed by atoms with E-state index in [9.17, 15) is 9.59 Å². The van der Waals surface area contributed by atoms with Crippen molar-refractivity contribution in [1.82, 2.24) is 4.90 Å². The van der Waals surface area contributed by atoms with Crippen molar-refractivity contribution < 1.29 is 28.2 Å². The highest BCUT2D eigenvalue weighted by Crippen LogP contribution is 2.42. The maximum atomic E-state index is 14.2. The molecular weight excluding hydrogens is 607 g/mol. The third kappa shape index (κ3) is 7.14. The van der Waals surface area contributed by atoms with Crippen LogP contribution in [0.25, 0.3) is 0 Å². The second kappa shape index (κ2) is 14.6. The van der Waals surface area contributed by atoms with Crippen molar-refractivity contribution >= 4 is 30.6 Å². The summed E-state index contributed by atoms with van der Waals surface area (Å²) in [5.41, 5.74) is 1.73. The average molecular weight is 652 g/mol. The van der Waals surface area contributed by atoms with Crippen molar-refractivity contribution in [2.45, 2.75) is 64.5 Å². The number of β-lactam (4-membered cyclic amide) rings is 1. The van der Waals surface area contributed by atoms with E-state index < -0.39 is 26.4 Å². The molecule has 0 spiro atoms. The standard InChI is InChI=1S/C39H45NO6Si/c1-28(46-47(39(2,3)4,32-18-12-8-13-19-32)33-20-14-9-15-21-33)37-34(25-36(41)45-27-29-16-10-7-11-17-29)40(38(37)42)26-30-22-23-31(43-5)24-35(30)44-6/h7-24,28,34,37H,25-27H2,1-6H3/t28-,34-,37-/m1/s1. The predicted octanol–water partition coefficient (Wildman–Crippen LogP) is 6.13. The van der Waals surface area contributed by atoms with E-state index in [0.717, 1.165) is 21.5 Å². The van der Waals surface area contributed by atoms with Gasteiger partial charge in [0.1, 0.15) is 18.1 Å². The summed E-state index contributed by atoms with van der Waals surface area (Å²) in [5.74, 6) is 0.314. The normalized spacial score (nSPS) is 17.1. The highest BCUT2D eigenvalue weighted by Gasteiger charge is 2.56. The highest BCUT2D eigenvalue weighted by molar-refractivity contribution is 6.99. The Morgan fingerprint density at radius 2 is 1.40 bits per heavy atom. The van der Waals surface area contributed by atoms with Crippen LogP contribution in [-0.4, -0.2) is 51.5 Å². The van der Waals surface area contributed by atoms with Gasteiger partial charge in [-0.2, -0.15) is 0 Å². The van der Waals surface area contributed by atoms with E-state index in [1.54, 1.807) is 25.2 Å². The molecule has 7 nitrogen and oxygen atoms in total. The van der Waals surface area contributed by atoms with Crippen molar-refractivity contribution in [3.63, 3.8) is 0 Å². The highest BCUT2D eigenvalue weighted by atomic mass is 28.4.